The lowest BCUT2D eigenvalue weighted by Crippen LogP contribution is -2.23. The molecule has 0 bridgehead atoms. The molecule has 1 amide bonds. The summed E-state index contributed by atoms with van der Waals surface area (Å²) in [5.74, 6) is 1.85. The Kier molecular flexibility index (Phi) is 6.81. The highest BCUT2D eigenvalue weighted by atomic mass is 16.5. The van der Waals surface area contributed by atoms with E-state index in [0.29, 0.717) is 29.5 Å². The van der Waals surface area contributed by atoms with Crippen molar-refractivity contribution in [2.24, 2.45) is 5.92 Å². The molecular weight excluding hydrogens is 448 g/mol. The van der Waals surface area contributed by atoms with Crippen LogP contribution in [0.2, 0.25) is 0 Å². The summed E-state index contributed by atoms with van der Waals surface area (Å²) in [5.41, 5.74) is 7.79. The number of nitrogens with one attached hydrogen (secondary N) is 1. The number of ether oxygens (including phenoxy) is 2. The van der Waals surface area contributed by atoms with Gasteiger partial charge in [-0.05, 0) is 72.7 Å². The molecular formula is C31H32N2O3. The van der Waals surface area contributed by atoms with Crippen molar-refractivity contribution in [3.63, 3.8) is 0 Å². The van der Waals surface area contributed by atoms with Gasteiger partial charge < -0.3 is 19.4 Å². The Morgan fingerprint density at radius 1 is 0.972 bits per heavy atom. The van der Waals surface area contributed by atoms with Crippen molar-refractivity contribution in [3.8, 4) is 28.4 Å². The van der Waals surface area contributed by atoms with Crippen LogP contribution in [0.4, 0.5) is 0 Å². The summed E-state index contributed by atoms with van der Waals surface area (Å²) in [5, 5.41) is 3.01. The second-order valence-electron chi connectivity index (χ2n) is 9.43. The average Bonchev–Trinajstić information content (AvgIpc) is 3.30. The van der Waals surface area contributed by atoms with Crippen LogP contribution in [-0.2, 0) is 19.4 Å². The molecule has 5 rings (SSSR count). The summed E-state index contributed by atoms with van der Waals surface area (Å²) in [6, 6.07) is 26.4. The highest BCUT2D eigenvalue weighted by Crippen LogP contribution is 2.35. The average molecular weight is 481 g/mol. The summed E-state index contributed by atoms with van der Waals surface area (Å²) in [7, 11) is 3.21. The number of methoxy groups -OCH3 is 2. The van der Waals surface area contributed by atoms with Crippen molar-refractivity contribution in [1.82, 2.24) is 9.88 Å². The maximum atomic E-state index is 12.9. The lowest BCUT2D eigenvalue weighted by molar-refractivity contribution is 0.0950. The molecule has 0 saturated heterocycles. The van der Waals surface area contributed by atoms with E-state index in [9.17, 15) is 4.79 Å². The smallest absolute Gasteiger partial charge is 0.251 e. The number of aromatic nitrogens is 1. The van der Waals surface area contributed by atoms with Gasteiger partial charge in [0.15, 0.2) is 11.5 Å². The van der Waals surface area contributed by atoms with Gasteiger partial charge >= 0.3 is 0 Å². The van der Waals surface area contributed by atoms with Gasteiger partial charge in [0.25, 0.3) is 5.91 Å². The van der Waals surface area contributed by atoms with Crippen LogP contribution in [0.15, 0.2) is 78.9 Å². The molecule has 36 heavy (non-hydrogen) atoms. The fourth-order valence-corrected chi connectivity index (χ4v) is 5.16. The molecule has 5 heteroatoms. The molecule has 0 saturated carbocycles. The number of nitrogens with zero attached hydrogens (tertiary/aromatic N) is 1. The van der Waals surface area contributed by atoms with Crippen molar-refractivity contribution in [2.45, 2.75) is 32.7 Å². The summed E-state index contributed by atoms with van der Waals surface area (Å²) in [4.78, 5) is 12.9. The zero-order valence-electron chi connectivity index (χ0n) is 21.1. The van der Waals surface area contributed by atoms with E-state index in [1.54, 1.807) is 14.2 Å². The molecule has 1 N–H and O–H groups in total. The van der Waals surface area contributed by atoms with Crippen LogP contribution in [0.3, 0.4) is 0 Å². The number of carbonyl (C=O) groups excluding carboxylic acids is 1. The molecule has 0 spiro atoms. The van der Waals surface area contributed by atoms with Crippen LogP contribution in [0.5, 0.6) is 11.5 Å². The highest BCUT2D eigenvalue weighted by Gasteiger charge is 2.23. The minimum atomic E-state index is -0.127. The van der Waals surface area contributed by atoms with Gasteiger partial charge in [0.2, 0.25) is 0 Å². The molecule has 0 fully saturated rings. The van der Waals surface area contributed by atoms with Gasteiger partial charge in [-0.15, -0.1) is 0 Å². The normalized spacial score (nSPS) is 14.7. The monoisotopic (exact) mass is 480 g/mol. The Labute approximate surface area is 212 Å². The molecule has 1 aliphatic carbocycles. The summed E-state index contributed by atoms with van der Waals surface area (Å²) in [6.07, 6.45) is 3.36. The molecule has 0 radical (unpaired) electrons. The summed E-state index contributed by atoms with van der Waals surface area (Å²) < 4.78 is 13.2. The van der Waals surface area contributed by atoms with E-state index in [1.807, 2.05) is 48.5 Å². The van der Waals surface area contributed by atoms with Gasteiger partial charge in [-0.3, -0.25) is 4.79 Å². The van der Waals surface area contributed by atoms with Crippen LogP contribution < -0.4 is 14.8 Å². The van der Waals surface area contributed by atoms with Crippen LogP contribution in [0, 0.1) is 5.92 Å². The third-order valence-electron chi connectivity index (χ3n) is 7.02. The number of hydrogen-bond acceptors (Lipinski definition) is 3. The van der Waals surface area contributed by atoms with Crippen molar-refractivity contribution in [1.29, 1.82) is 0 Å². The first-order valence-electron chi connectivity index (χ1n) is 12.5. The van der Waals surface area contributed by atoms with E-state index in [0.717, 1.165) is 24.1 Å². The number of fused-ring (bicyclic) bond motifs is 1. The number of rotatable bonds is 7. The van der Waals surface area contributed by atoms with Crippen molar-refractivity contribution >= 4 is 5.91 Å². The minimum absolute atomic E-state index is 0.127. The van der Waals surface area contributed by atoms with Gasteiger partial charge in [0.1, 0.15) is 0 Å². The first-order chi connectivity index (χ1) is 17.6. The lowest BCUT2D eigenvalue weighted by Gasteiger charge is -2.21. The van der Waals surface area contributed by atoms with E-state index in [-0.39, 0.29) is 5.91 Å². The Hall–Kier alpha value is -3.99. The van der Waals surface area contributed by atoms with Crippen LogP contribution in [-0.4, -0.2) is 24.7 Å². The maximum absolute atomic E-state index is 12.9. The molecule has 184 valence electrons. The summed E-state index contributed by atoms with van der Waals surface area (Å²) in [6.45, 7) is 2.68. The molecule has 1 heterocycles. The fourth-order valence-electron chi connectivity index (χ4n) is 5.16. The van der Waals surface area contributed by atoms with E-state index in [1.165, 1.54) is 28.9 Å². The van der Waals surface area contributed by atoms with E-state index < -0.39 is 0 Å². The van der Waals surface area contributed by atoms with Gasteiger partial charge in [0, 0.05) is 29.1 Å². The minimum Gasteiger partial charge on any atom is -0.493 e. The quantitative estimate of drug-likeness (QED) is 0.342. The third-order valence-corrected chi connectivity index (χ3v) is 7.02. The number of hydrogen-bond donors (Lipinski definition) is 1. The fraction of sp³-hybridized carbons (Fsp3) is 0.258. The van der Waals surface area contributed by atoms with Gasteiger partial charge in [-0.1, -0.05) is 49.4 Å². The van der Waals surface area contributed by atoms with Crippen LogP contribution in [0.25, 0.3) is 16.9 Å². The molecule has 4 aromatic rings. The van der Waals surface area contributed by atoms with E-state index in [2.05, 4.69) is 47.1 Å². The second-order valence-corrected chi connectivity index (χ2v) is 9.43. The maximum Gasteiger partial charge on any atom is 0.251 e. The second kappa shape index (κ2) is 10.3. The number of para-hydroxylation sites is 1. The molecule has 0 unspecified atom stereocenters. The largest absolute Gasteiger partial charge is 0.493 e. The molecule has 1 aliphatic rings. The number of amides is 1. The SMILES string of the molecule is COc1cccc(CNC(=O)c2ccc(-n3c(-c4ccccc4)cc4c3CC[C@H](C)C4)cc2)c1OC. The molecule has 1 aromatic heterocycles. The van der Waals surface area contributed by atoms with Gasteiger partial charge in [-0.2, -0.15) is 0 Å². The van der Waals surface area contributed by atoms with Gasteiger partial charge in [-0.25, -0.2) is 0 Å². The predicted molar refractivity (Wildman–Crippen MR) is 143 cm³/mol. The third kappa shape index (κ3) is 4.61. The van der Waals surface area contributed by atoms with Crippen LogP contribution >= 0.6 is 0 Å². The molecule has 5 nitrogen and oxygen atoms in total. The number of benzene rings is 3. The Morgan fingerprint density at radius 2 is 1.75 bits per heavy atom. The standard InChI is InChI=1S/C31H32N2O3/c1-21-12-17-27-25(18-21)19-28(22-8-5-4-6-9-22)33(27)26-15-13-23(14-16-26)31(34)32-20-24-10-7-11-29(35-2)30(24)36-3/h4-11,13-16,19,21H,12,17-18,20H2,1-3H3,(H,32,34)/t21-/m0/s1. The lowest BCUT2D eigenvalue weighted by atomic mass is 9.89. The first-order valence-corrected chi connectivity index (χ1v) is 12.5. The highest BCUT2D eigenvalue weighted by molar-refractivity contribution is 5.94. The van der Waals surface area contributed by atoms with Crippen LogP contribution in [0.1, 0.15) is 40.5 Å². The Bertz CT molecular complexity index is 1360. The van der Waals surface area contributed by atoms with Crippen molar-refractivity contribution in [3.05, 3.63) is 101 Å². The first kappa shape index (κ1) is 23.7. The summed E-state index contributed by atoms with van der Waals surface area (Å²) >= 11 is 0. The van der Waals surface area contributed by atoms with Crippen molar-refractivity contribution < 1.29 is 14.3 Å². The zero-order chi connectivity index (χ0) is 25.1. The van der Waals surface area contributed by atoms with Gasteiger partial charge in [0.05, 0.1) is 19.9 Å². The Balaban J connectivity index is 1.40. The van der Waals surface area contributed by atoms with E-state index in [4.69, 9.17) is 9.47 Å². The number of carbonyl (C=O) groups is 1. The Morgan fingerprint density at radius 3 is 2.47 bits per heavy atom. The molecule has 0 aliphatic heterocycles. The van der Waals surface area contributed by atoms with E-state index >= 15 is 0 Å². The topological polar surface area (TPSA) is 52.5 Å². The van der Waals surface area contributed by atoms with Crippen molar-refractivity contribution in [2.75, 3.05) is 14.2 Å². The predicted octanol–water partition coefficient (Wildman–Crippen LogP) is 6.22. The molecule has 3 aromatic carbocycles. The zero-order valence-corrected chi connectivity index (χ0v) is 21.1. The molecule has 1 atom stereocenters.